The van der Waals surface area contributed by atoms with E-state index in [0.717, 1.165) is 5.00 Å². The van der Waals surface area contributed by atoms with E-state index in [2.05, 4.69) is 31.4 Å². The van der Waals surface area contributed by atoms with Crippen molar-refractivity contribution >= 4 is 22.4 Å². The molecule has 0 aliphatic rings. The van der Waals surface area contributed by atoms with Crippen molar-refractivity contribution in [2.24, 2.45) is 5.41 Å². The second kappa shape index (κ2) is 4.66. The molecule has 0 atom stereocenters. The largest absolute Gasteiger partial charge is 0.337 e. The Bertz CT molecular complexity index is 339. The summed E-state index contributed by atoms with van der Waals surface area (Å²) >= 11 is 1.54. The van der Waals surface area contributed by atoms with Crippen LogP contribution in [0, 0.1) is 12.3 Å². The molecule has 0 aliphatic carbocycles. The first-order chi connectivity index (χ1) is 6.87. The molecule has 3 nitrogen and oxygen atoms in total. The molecular weight excluding hydrogens is 208 g/mol. The van der Waals surface area contributed by atoms with Crippen LogP contribution in [-0.2, 0) is 0 Å². The summed E-state index contributed by atoms with van der Waals surface area (Å²) in [6.45, 7) is 8.94. The van der Waals surface area contributed by atoms with Crippen molar-refractivity contribution in [2.45, 2.75) is 27.7 Å². The molecule has 0 unspecified atom stereocenters. The van der Waals surface area contributed by atoms with Crippen LogP contribution in [0.2, 0.25) is 0 Å². The van der Waals surface area contributed by atoms with Gasteiger partial charge in [0.2, 0.25) is 0 Å². The van der Waals surface area contributed by atoms with E-state index in [4.69, 9.17) is 0 Å². The molecule has 2 N–H and O–H groups in total. The molecule has 0 saturated carbocycles. The fourth-order valence-electron chi connectivity index (χ4n) is 0.998. The van der Waals surface area contributed by atoms with Crippen LogP contribution in [0.25, 0.3) is 0 Å². The third-order valence-corrected chi connectivity index (χ3v) is 2.71. The summed E-state index contributed by atoms with van der Waals surface area (Å²) in [6, 6.07) is 1.83. The van der Waals surface area contributed by atoms with Gasteiger partial charge in [0.15, 0.2) is 0 Å². The maximum atomic E-state index is 11.5. The maximum absolute atomic E-state index is 11.5. The number of hydrogen-bond acceptors (Lipinski definition) is 2. The second-order valence-corrected chi connectivity index (χ2v) is 5.77. The van der Waals surface area contributed by atoms with E-state index in [-0.39, 0.29) is 11.4 Å². The van der Waals surface area contributed by atoms with E-state index >= 15 is 0 Å². The molecule has 2 amide bonds. The van der Waals surface area contributed by atoms with E-state index in [0.29, 0.717) is 6.54 Å². The van der Waals surface area contributed by atoms with Gasteiger partial charge in [-0.2, -0.15) is 0 Å². The molecule has 0 bridgehead atoms. The number of amides is 2. The smallest absolute Gasteiger partial charge is 0.319 e. The zero-order valence-corrected chi connectivity index (χ0v) is 10.5. The highest BCUT2D eigenvalue weighted by Gasteiger charge is 2.11. The molecule has 0 aromatic carbocycles. The van der Waals surface area contributed by atoms with Gasteiger partial charge in [0.25, 0.3) is 0 Å². The van der Waals surface area contributed by atoms with Crippen LogP contribution in [-0.4, -0.2) is 12.6 Å². The minimum absolute atomic E-state index is 0.114. The number of thiophene rings is 1. The van der Waals surface area contributed by atoms with Gasteiger partial charge in [-0.25, -0.2) is 4.79 Å². The number of nitrogens with one attached hydrogen (secondary N) is 2. The minimum atomic E-state index is -0.133. The summed E-state index contributed by atoms with van der Waals surface area (Å²) in [5.41, 5.74) is 1.29. The number of carbonyl (C=O) groups excluding carboxylic acids is 1. The van der Waals surface area contributed by atoms with E-state index in [1.807, 2.05) is 18.4 Å². The molecule has 1 aromatic rings. The number of anilines is 1. The van der Waals surface area contributed by atoms with Gasteiger partial charge in [0, 0.05) is 6.54 Å². The second-order valence-electron chi connectivity index (χ2n) is 4.86. The Balaban J connectivity index is 2.37. The van der Waals surface area contributed by atoms with Gasteiger partial charge in [-0.15, -0.1) is 11.3 Å². The molecular formula is C11H18N2OS. The fourth-order valence-corrected chi connectivity index (χ4v) is 1.78. The number of rotatable bonds is 2. The number of hydrogen-bond donors (Lipinski definition) is 2. The van der Waals surface area contributed by atoms with Crippen LogP contribution in [0.3, 0.4) is 0 Å². The van der Waals surface area contributed by atoms with Crippen LogP contribution < -0.4 is 10.6 Å². The zero-order valence-electron chi connectivity index (χ0n) is 9.68. The number of urea groups is 1. The van der Waals surface area contributed by atoms with Gasteiger partial charge in [-0.1, -0.05) is 20.8 Å². The number of carbonyl (C=O) groups is 1. The summed E-state index contributed by atoms with van der Waals surface area (Å²) in [6.07, 6.45) is 0. The first-order valence-electron chi connectivity index (χ1n) is 4.97. The Morgan fingerprint density at radius 3 is 2.60 bits per heavy atom. The summed E-state index contributed by atoms with van der Waals surface area (Å²) in [7, 11) is 0. The van der Waals surface area contributed by atoms with Crippen LogP contribution >= 0.6 is 11.3 Å². The Kier molecular flexibility index (Phi) is 3.74. The molecule has 84 valence electrons. The van der Waals surface area contributed by atoms with Gasteiger partial charge < -0.3 is 5.32 Å². The average Bonchev–Trinajstić information content (AvgIpc) is 2.47. The first kappa shape index (κ1) is 12.0. The van der Waals surface area contributed by atoms with Crippen molar-refractivity contribution in [3.8, 4) is 0 Å². The van der Waals surface area contributed by atoms with Crippen LogP contribution in [0.1, 0.15) is 26.3 Å². The SMILES string of the molecule is Cc1csc(NC(=O)NCC(C)(C)C)c1. The maximum Gasteiger partial charge on any atom is 0.319 e. The summed E-state index contributed by atoms with van der Waals surface area (Å²) in [5.74, 6) is 0. The average molecular weight is 226 g/mol. The quantitative estimate of drug-likeness (QED) is 0.798. The first-order valence-corrected chi connectivity index (χ1v) is 5.85. The van der Waals surface area contributed by atoms with Crippen molar-refractivity contribution in [3.05, 3.63) is 17.0 Å². The van der Waals surface area contributed by atoms with E-state index in [1.54, 1.807) is 0 Å². The highest BCUT2D eigenvalue weighted by atomic mass is 32.1. The van der Waals surface area contributed by atoms with Crippen LogP contribution in [0.5, 0.6) is 0 Å². The molecule has 0 radical (unpaired) electrons. The van der Waals surface area contributed by atoms with E-state index in [9.17, 15) is 4.79 Å². The van der Waals surface area contributed by atoms with Crippen molar-refractivity contribution in [2.75, 3.05) is 11.9 Å². The van der Waals surface area contributed by atoms with Crippen molar-refractivity contribution in [1.82, 2.24) is 5.32 Å². The van der Waals surface area contributed by atoms with Gasteiger partial charge in [-0.05, 0) is 29.3 Å². The summed E-state index contributed by atoms with van der Waals surface area (Å²) in [5, 5.41) is 8.54. The van der Waals surface area contributed by atoms with Crippen LogP contribution in [0.15, 0.2) is 11.4 Å². The van der Waals surface area contributed by atoms with E-state index in [1.165, 1.54) is 16.9 Å². The van der Waals surface area contributed by atoms with Gasteiger partial charge in [0.1, 0.15) is 0 Å². The lowest BCUT2D eigenvalue weighted by Crippen LogP contribution is -2.35. The van der Waals surface area contributed by atoms with Crippen molar-refractivity contribution < 1.29 is 4.79 Å². The van der Waals surface area contributed by atoms with Crippen molar-refractivity contribution in [3.63, 3.8) is 0 Å². The fraction of sp³-hybridized carbons (Fsp3) is 0.545. The zero-order chi connectivity index (χ0) is 11.5. The molecule has 1 heterocycles. The van der Waals surface area contributed by atoms with Gasteiger partial charge in [0.05, 0.1) is 5.00 Å². The van der Waals surface area contributed by atoms with Gasteiger partial charge in [-0.3, -0.25) is 5.32 Å². The topological polar surface area (TPSA) is 41.1 Å². The Morgan fingerprint density at radius 1 is 1.47 bits per heavy atom. The third-order valence-electron chi connectivity index (χ3n) is 1.75. The predicted octanol–water partition coefficient (Wildman–Crippen LogP) is 3.22. The van der Waals surface area contributed by atoms with E-state index < -0.39 is 0 Å². The molecule has 0 saturated heterocycles. The lowest BCUT2D eigenvalue weighted by Gasteiger charge is -2.18. The lowest BCUT2D eigenvalue weighted by molar-refractivity contribution is 0.247. The monoisotopic (exact) mass is 226 g/mol. The summed E-state index contributed by atoms with van der Waals surface area (Å²) < 4.78 is 0. The summed E-state index contributed by atoms with van der Waals surface area (Å²) in [4.78, 5) is 11.5. The molecule has 0 spiro atoms. The Labute approximate surface area is 94.9 Å². The van der Waals surface area contributed by atoms with Gasteiger partial charge >= 0.3 is 6.03 Å². The minimum Gasteiger partial charge on any atom is -0.337 e. The van der Waals surface area contributed by atoms with Crippen LogP contribution in [0.4, 0.5) is 9.80 Å². The van der Waals surface area contributed by atoms with Crippen molar-refractivity contribution in [1.29, 1.82) is 0 Å². The normalized spacial score (nSPS) is 11.2. The highest BCUT2D eigenvalue weighted by molar-refractivity contribution is 7.14. The Hall–Kier alpha value is -1.03. The molecule has 1 aromatic heterocycles. The lowest BCUT2D eigenvalue weighted by atomic mass is 9.97. The third kappa shape index (κ3) is 4.83. The molecule has 15 heavy (non-hydrogen) atoms. The molecule has 4 heteroatoms. The molecule has 0 aliphatic heterocycles. The molecule has 1 rings (SSSR count). The number of aryl methyl sites for hydroxylation is 1. The predicted molar refractivity (Wildman–Crippen MR) is 65.5 cm³/mol. The standard InChI is InChI=1S/C11H18N2OS/c1-8-5-9(15-6-8)13-10(14)12-7-11(2,3)4/h5-6H,7H2,1-4H3,(H2,12,13,14). The molecule has 0 fully saturated rings. The Morgan fingerprint density at radius 2 is 2.13 bits per heavy atom. The highest BCUT2D eigenvalue weighted by Crippen LogP contribution is 2.19.